The van der Waals surface area contributed by atoms with Crippen molar-refractivity contribution in [3.8, 4) is 0 Å². The van der Waals surface area contributed by atoms with Crippen LogP contribution in [0.3, 0.4) is 0 Å². The minimum Gasteiger partial charge on any atom is -0.480 e. The zero-order valence-electron chi connectivity index (χ0n) is 10.0. The lowest BCUT2D eigenvalue weighted by atomic mass is 9.90. The van der Waals surface area contributed by atoms with Gasteiger partial charge in [0.15, 0.2) is 0 Å². The highest BCUT2D eigenvalue weighted by molar-refractivity contribution is 7.99. The Morgan fingerprint density at radius 2 is 2.19 bits per heavy atom. The Kier molecular flexibility index (Phi) is 6.43. The molecule has 0 aliphatic rings. The lowest BCUT2D eigenvalue weighted by Gasteiger charge is -2.28. The maximum atomic E-state index is 11.0. The van der Waals surface area contributed by atoms with Gasteiger partial charge in [-0.1, -0.05) is 13.8 Å². The maximum Gasteiger partial charge on any atom is 0.324 e. The Labute approximate surface area is 101 Å². The molecule has 94 valence electrons. The van der Waals surface area contributed by atoms with Crippen molar-refractivity contribution in [1.29, 1.82) is 5.41 Å². The molecule has 0 amide bonds. The SMILES string of the molecule is CC(=N)NCCSC[C@](N)(C(=O)O)C(C)C. The van der Waals surface area contributed by atoms with Crippen LogP contribution >= 0.6 is 11.8 Å². The van der Waals surface area contributed by atoms with Gasteiger partial charge in [-0.15, -0.1) is 0 Å². The van der Waals surface area contributed by atoms with Crippen molar-refractivity contribution >= 4 is 23.6 Å². The third kappa shape index (κ3) is 4.85. The number of hydrogen-bond acceptors (Lipinski definition) is 4. The predicted molar refractivity (Wildman–Crippen MR) is 68.1 cm³/mol. The average molecular weight is 247 g/mol. The van der Waals surface area contributed by atoms with Gasteiger partial charge in [0.25, 0.3) is 0 Å². The summed E-state index contributed by atoms with van der Waals surface area (Å²) in [4.78, 5) is 11.0. The van der Waals surface area contributed by atoms with Crippen molar-refractivity contribution in [2.75, 3.05) is 18.1 Å². The Hall–Kier alpha value is -0.750. The first-order valence-corrected chi connectivity index (χ1v) is 6.35. The van der Waals surface area contributed by atoms with Gasteiger partial charge in [-0.3, -0.25) is 10.2 Å². The molecule has 6 heteroatoms. The highest BCUT2D eigenvalue weighted by atomic mass is 32.2. The number of thioether (sulfide) groups is 1. The van der Waals surface area contributed by atoms with E-state index in [1.54, 1.807) is 6.92 Å². The van der Waals surface area contributed by atoms with Crippen LogP contribution in [0.5, 0.6) is 0 Å². The third-order valence-electron chi connectivity index (χ3n) is 2.41. The van der Waals surface area contributed by atoms with Crippen LogP contribution in [0, 0.1) is 11.3 Å². The van der Waals surface area contributed by atoms with Gasteiger partial charge >= 0.3 is 5.97 Å². The third-order valence-corrected chi connectivity index (χ3v) is 3.58. The molecule has 0 saturated heterocycles. The summed E-state index contributed by atoms with van der Waals surface area (Å²) in [6, 6.07) is 0. The number of nitrogens with one attached hydrogen (secondary N) is 2. The van der Waals surface area contributed by atoms with Gasteiger partial charge in [0, 0.05) is 18.1 Å². The molecule has 1 atom stereocenters. The van der Waals surface area contributed by atoms with Crippen LogP contribution in [0.15, 0.2) is 0 Å². The van der Waals surface area contributed by atoms with E-state index in [9.17, 15) is 4.79 Å². The van der Waals surface area contributed by atoms with E-state index in [1.807, 2.05) is 13.8 Å². The molecule has 0 radical (unpaired) electrons. The van der Waals surface area contributed by atoms with E-state index >= 15 is 0 Å². The fourth-order valence-corrected chi connectivity index (χ4v) is 2.21. The van der Waals surface area contributed by atoms with Crippen molar-refractivity contribution < 1.29 is 9.90 Å². The Morgan fingerprint density at radius 3 is 2.56 bits per heavy atom. The second-order valence-electron chi connectivity index (χ2n) is 4.10. The smallest absolute Gasteiger partial charge is 0.324 e. The molecule has 0 heterocycles. The van der Waals surface area contributed by atoms with Crippen molar-refractivity contribution in [2.24, 2.45) is 11.7 Å². The quantitative estimate of drug-likeness (QED) is 0.302. The molecule has 16 heavy (non-hydrogen) atoms. The van der Waals surface area contributed by atoms with E-state index in [0.717, 1.165) is 5.75 Å². The molecule has 0 rings (SSSR count). The second kappa shape index (κ2) is 6.75. The van der Waals surface area contributed by atoms with Gasteiger partial charge in [0.1, 0.15) is 5.54 Å². The van der Waals surface area contributed by atoms with Gasteiger partial charge in [-0.05, 0) is 12.8 Å². The molecular weight excluding hydrogens is 226 g/mol. The molecule has 0 aromatic heterocycles. The molecule has 0 bridgehead atoms. The standard InChI is InChI=1S/C10H21N3O2S/c1-7(2)10(12,9(14)15)6-16-5-4-13-8(3)11/h7H,4-6,12H2,1-3H3,(H2,11,13)(H,14,15)/t10-/m1/s1. The summed E-state index contributed by atoms with van der Waals surface area (Å²) in [7, 11) is 0. The van der Waals surface area contributed by atoms with Gasteiger partial charge in [-0.25, -0.2) is 0 Å². The number of carboxylic acids is 1. The van der Waals surface area contributed by atoms with Crippen LogP contribution < -0.4 is 11.1 Å². The molecule has 0 aliphatic heterocycles. The number of rotatable bonds is 7. The molecule has 5 nitrogen and oxygen atoms in total. The molecule has 0 unspecified atom stereocenters. The first-order valence-electron chi connectivity index (χ1n) is 5.19. The lowest BCUT2D eigenvalue weighted by molar-refractivity contribution is -0.144. The van der Waals surface area contributed by atoms with E-state index in [-0.39, 0.29) is 5.92 Å². The summed E-state index contributed by atoms with van der Waals surface area (Å²) in [5.41, 5.74) is 4.68. The molecule has 0 aliphatic carbocycles. The second-order valence-corrected chi connectivity index (χ2v) is 5.21. The highest BCUT2D eigenvalue weighted by Gasteiger charge is 2.37. The fraction of sp³-hybridized carbons (Fsp3) is 0.800. The van der Waals surface area contributed by atoms with Crippen molar-refractivity contribution in [3.63, 3.8) is 0 Å². The van der Waals surface area contributed by atoms with Crippen LogP contribution in [-0.2, 0) is 4.79 Å². The molecule has 0 fully saturated rings. The minimum atomic E-state index is -1.16. The van der Waals surface area contributed by atoms with Crippen molar-refractivity contribution in [1.82, 2.24) is 5.32 Å². The lowest BCUT2D eigenvalue weighted by Crippen LogP contribution is -2.54. The number of hydrogen-bond donors (Lipinski definition) is 4. The highest BCUT2D eigenvalue weighted by Crippen LogP contribution is 2.19. The minimum absolute atomic E-state index is 0.102. The van der Waals surface area contributed by atoms with Crippen LogP contribution in [0.1, 0.15) is 20.8 Å². The number of carbonyl (C=O) groups is 1. The molecule has 0 saturated carbocycles. The summed E-state index contributed by atoms with van der Waals surface area (Å²) in [5, 5.41) is 19.1. The first-order chi connectivity index (χ1) is 7.30. The number of aliphatic carboxylic acids is 1. The van der Waals surface area contributed by atoms with Crippen LogP contribution in [0.4, 0.5) is 0 Å². The normalized spacial score (nSPS) is 14.6. The van der Waals surface area contributed by atoms with E-state index in [4.69, 9.17) is 16.2 Å². The van der Waals surface area contributed by atoms with E-state index < -0.39 is 11.5 Å². The zero-order valence-corrected chi connectivity index (χ0v) is 10.9. The predicted octanol–water partition coefficient (Wildman–Crippen LogP) is 0.744. The molecule has 5 N–H and O–H groups in total. The number of nitrogens with two attached hydrogens (primary N) is 1. The topological polar surface area (TPSA) is 99.2 Å². The number of amidine groups is 1. The van der Waals surface area contributed by atoms with E-state index in [0.29, 0.717) is 18.1 Å². The largest absolute Gasteiger partial charge is 0.480 e. The first kappa shape index (κ1) is 15.2. The van der Waals surface area contributed by atoms with Crippen LogP contribution in [-0.4, -0.2) is 40.5 Å². The summed E-state index contributed by atoms with van der Waals surface area (Å²) in [6.07, 6.45) is 0. The molecule has 0 aromatic rings. The van der Waals surface area contributed by atoms with Crippen LogP contribution in [0.25, 0.3) is 0 Å². The maximum absolute atomic E-state index is 11.0. The van der Waals surface area contributed by atoms with Gasteiger partial charge in [0.05, 0.1) is 5.84 Å². The molecular formula is C10H21N3O2S. The zero-order chi connectivity index (χ0) is 12.8. The van der Waals surface area contributed by atoms with Gasteiger partial charge in [0.2, 0.25) is 0 Å². The van der Waals surface area contributed by atoms with Crippen LogP contribution in [0.2, 0.25) is 0 Å². The average Bonchev–Trinajstić information content (AvgIpc) is 2.15. The van der Waals surface area contributed by atoms with Gasteiger partial charge in [-0.2, -0.15) is 11.8 Å². The summed E-state index contributed by atoms with van der Waals surface area (Å²) >= 11 is 1.49. The van der Waals surface area contributed by atoms with Gasteiger partial charge < -0.3 is 16.2 Å². The summed E-state index contributed by atoms with van der Waals surface area (Å²) in [5.74, 6) is 0.497. The van der Waals surface area contributed by atoms with Crippen molar-refractivity contribution in [2.45, 2.75) is 26.3 Å². The van der Waals surface area contributed by atoms with E-state index in [2.05, 4.69) is 5.32 Å². The Bertz CT molecular complexity index is 258. The Morgan fingerprint density at radius 1 is 1.62 bits per heavy atom. The summed E-state index contributed by atoms with van der Waals surface area (Å²) in [6.45, 7) is 5.96. The molecule has 0 spiro atoms. The van der Waals surface area contributed by atoms with E-state index in [1.165, 1.54) is 11.8 Å². The summed E-state index contributed by atoms with van der Waals surface area (Å²) < 4.78 is 0. The number of carboxylic acid groups (broad SMARTS) is 1. The molecule has 0 aromatic carbocycles. The van der Waals surface area contributed by atoms with Crippen molar-refractivity contribution in [3.05, 3.63) is 0 Å². The fourth-order valence-electron chi connectivity index (χ4n) is 1.03. The monoisotopic (exact) mass is 247 g/mol. The Balaban J connectivity index is 3.96.